The van der Waals surface area contributed by atoms with Gasteiger partial charge in [0.2, 0.25) is 0 Å². The van der Waals surface area contributed by atoms with Gasteiger partial charge >= 0.3 is 0 Å². The first-order valence-electron chi connectivity index (χ1n) is 6.09. The summed E-state index contributed by atoms with van der Waals surface area (Å²) in [5.74, 6) is 0. The molecule has 0 aliphatic heterocycles. The summed E-state index contributed by atoms with van der Waals surface area (Å²) in [4.78, 5) is 17.9. The van der Waals surface area contributed by atoms with E-state index in [0.29, 0.717) is 5.69 Å². The van der Waals surface area contributed by atoms with Crippen molar-refractivity contribution in [3.8, 4) is 0 Å². The molecule has 0 saturated heterocycles. The monoisotopic (exact) mass is 265 g/mol. The maximum Gasteiger partial charge on any atom is 0.294 e. The van der Waals surface area contributed by atoms with Crippen molar-refractivity contribution in [1.29, 1.82) is 0 Å². The summed E-state index contributed by atoms with van der Waals surface area (Å²) < 4.78 is 0. The molecule has 0 unspecified atom stereocenters. The lowest BCUT2D eigenvalue weighted by Gasteiger charge is -1.96. The predicted octanol–water partition coefficient (Wildman–Crippen LogP) is 3.83. The van der Waals surface area contributed by atoms with Crippen molar-refractivity contribution in [1.82, 2.24) is 4.98 Å². The minimum Gasteiger partial charge on any atom is -0.361 e. The number of nitrogens with zero attached hydrogens (tertiary/aromatic N) is 2. The third-order valence-electron chi connectivity index (χ3n) is 3.04. The molecule has 5 heteroatoms. The van der Waals surface area contributed by atoms with Crippen LogP contribution in [0.25, 0.3) is 10.9 Å². The Morgan fingerprint density at radius 2 is 1.85 bits per heavy atom. The van der Waals surface area contributed by atoms with Crippen molar-refractivity contribution in [3.63, 3.8) is 0 Å². The quantitative estimate of drug-likeness (QED) is 0.444. The first kappa shape index (κ1) is 12.1. The van der Waals surface area contributed by atoms with E-state index in [9.17, 15) is 10.1 Å². The third-order valence-corrected chi connectivity index (χ3v) is 3.04. The second kappa shape index (κ2) is 4.97. The fourth-order valence-electron chi connectivity index (χ4n) is 2.07. The number of nitro benzene ring substituents is 1. The van der Waals surface area contributed by atoms with Crippen LogP contribution in [0.3, 0.4) is 0 Å². The highest BCUT2D eigenvalue weighted by Gasteiger charge is 2.10. The van der Waals surface area contributed by atoms with Gasteiger partial charge in [0.25, 0.3) is 5.69 Å². The maximum absolute atomic E-state index is 10.9. The second-order valence-electron chi connectivity index (χ2n) is 4.29. The van der Waals surface area contributed by atoms with Crippen molar-refractivity contribution >= 4 is 28.5 Å². The predicted molar refractivity (Wildman–Crippen MR) is 78.6 cm³/mol. The Hall–Kier alpha value is -2.95. The molecule has 3 rings (SSSR count). The van der Waals surface area contributed by atoms with Gasteiger partial charge in [-0.2, -0.15) is 0 Å². The number of para-hydroxylation sites is 3. The van der Waals surface area contributed by atoms with E-state index in [4.69, 9.17) is 0 Å². The summed E-state index contributed by atoms with van der Waals surface area (Å²) in [5, 5.41) is 12.0. The van der Waals surface area contributed by atoms with Gasteiger partial charge in [-0.3, -0.25) is 10.1 Å². The number of nitro groups is 1. The van der Waals surface area contributed by atoms with E-state index in [1.54, 1.807) is 24.4 Å². The van der Waals surface area contributed by atoms with Crippen LogP contribution in [-0.4, -0.2) is 16.1 Å². The molecule has 0 fully saturated rings. The summed E-state index contributed by atoms with van der Waals surface area (Å²) in [5.41, 5.74) is 2.27. The average molecular weight is 265 g/mol. The molecule has 1 heterocycles. The van der Waals surface area contributed by atoms with Crippen LogP contribution in [0.4, 0.5) is 11.4 Å². The average Bonchev–Trinajstić information content (AvgIpc) is 2.88. The van der Waals surface area contributed by atoms with Gasteiger partial charge in [-0.05, 0) is 12.1 Å². The maximum atomic E-state index is 10.9. The lowest BCUT2D eigenvalue weighted by Crippen LogP contribution is -1.88. The zero-order valence-corrected chi connectivity index (χ0v) is 10.5. The van der Waals surface area contributed by atoms with Crippen LogP contribution in [0, 0.1) is 10.1 Å². The highest BCUT2D eigenvalue weighted by Crippen LogP contribution is 2.26. The zero-order valence-electron chi connectivity index (χ0n) is 10.5. The van der Waals surface area contributed by atoms with Crippen LogP contribution >= 0.6 is 0 Å². The molecule has 2 aromatic carbocycles. The highest BCUT2D eigenvalue weighted by atomic mass is 16.6. The van der Waals surface area contributed by atoms with E-state index >= 15 is 0 Å². The van der Waals surface area contributed by atoms with Crippen LogP contribution < -0.4 is 0 Å². The number of aromatic nitrogens is 1. The molecule has 5 nitrogen and oxygen atoms in total. The van der Waals surface area contributed by atoms with Gasteiger partial charge < -0.3 is 4.98 Å². The lowest BCUT2D eigenvalue weighted by atomic mass is 10.2. The molecule has 0 aliphatic rings. The molecular weight excluding hydrogens is 254 g/mol. The number of nitrogens with one attached hydrogen (secondary N) is 1. The van der Waals surface area contributed by atoms with Crippen LogP contribution in [0.15, 0.2) is 59.7 Å². The van der Waals surface area contributed by atoms with Crippen molar-refractivity contribution in [2.75, 3.05) is 0 Å². The number of fused-ring (bicyclic) bond motifs is 1. The largest absolute Gasteiger partial charge is 0.361 e. The number of aromatic amines is 1. The molecule has 0 bridgehead atoms. The van der Waals surface area contributed by atoms with Crippen LogP contribution in [0.5, 0.6) is 0 Å². The van der Waals surface area contributed by atoms with Gasteiger partial charge in [0.05, 0.1) is 4.92 Å². The van der Waals surface area contributed by atoms with E-state index < -0.39 is 4.92 Å². The van der Waals surface area contributed by atoms with Gasteiger partial charge in [0.1, 0.15) is 5.69 Å². The van der Waals surface area contributed by atoms with Gasteiger partial charge in [-0.25, -0.2) is 4.99 Å². The molecule has 0 radical (unpaired) electrons. The second-order valence-corrected chi connectivity index (χ2v) is 4.29. The van der Waals surface area contributed by atoms with Crippen molar-refractivity contribution < 1.29 is 4.92 Å². The van der Waals surface area contributed by atoms with Gasteiger partial charge in [0, 0.05) is 34.9 Å². The fourth-order valence-corrected chi connectivity index (χ4v) is 2.07. The Kier molecular flexibility index (Phi) is 3.01. The van der Waals surface area contributed by atoms with E-state index in [0.717, 1.165) is 16.5 Å². The molecule has 0 atom stereocenters. The Balaban J connectivity index is 2.01. The Labute approximate surface area is 114 Å². The first-order valence-corrected chi connectivity index (χ1v) is 6.09. The molecule has 1 aromatic heterocycles. The number of hydrogen-bond donors (Lipinski definition) is 1. The third kappa shape index (κ3) is 2.16. The SMILES string of the molecule is O=[N+]([O-])c1ccccc1N=Cc1c[nH]c2ccccc12. The summed E-state index contributed by atoms with van der Waals surface area (Å²) >= 11 is 0. The van der Waals surface area contributed by atoms with Crippen LogP contribution in [-0.2, 0) is 0 Å². The minimum atomic E-state index is -0.429. The zero-order chi connectivity index (χ0) is 13.9. The van der Waals surface area contributed by atoms with E-state index in [2.05, 4.69) is 9.98 Å². The van der Waals surface area contributed by atoms with Crippen molar-refractivity contribution in [3.05, 3.63) is 70.4 Å². The number of hydrogen-bond acceptors (Lipinski definition) is 3. The Morgan fingerprint density at radius 1 is 1.10 bits per heavy atom. The smallest absolute Gasteiger partial charge is 0.294 e. The van der Waals surface area contributed by atoms with E-state index in [-0.39, 0.29) is 5.69 Å². The summed E-state index contributed by atoms with van der Waals surface area (Å²) in [6, 6.07) is 14.3. The Bertz CT molecular complexity index is 805. The van der Waals surface area contributed by atoms with Crippen LogP contribution in [0.1, 0.15) is 5.56 Å². The fraction of sp³-hybridized carbons (Fsp3) is 0. The van der Waals surface area contributed by atoms with Gasteiger partial charge in [-0.1, -0.05) is 30.3 Å². The molecular formula is C15H11N3O2. The van der Waals surface area contributed by atoms with Gasteiger partial charge in [-0.15, -0.1) is 0 Å². The van der Waals surface area contributed by atoms with Gasteiger partial charge in [0.15, 0.2) is 0 Å². The van der Waals surface area contributed by atoms with Crippen LogP contribution in [0.2, 0.25) is 0 Å². The van der Waals surface area contributed by atoms with Crippen molar-refractivity contribution in [2.45, 2.75) is 0 Å². The summed E-state index contributed by atoms with van der Waals surface area (Å²) in [6.45, 7) is 0. The standard InChI is InChI=1S/C15H11N3O2/c19-18(20)15-8-4-3-7-14(15)17-10-11-9-16-13-6-2-1-5-12(11)13/h1-10,16H. The molecule has 0 aliphatic carbocycles. The van der Waals surface area contributed by atoms with Crippen molar-refractivity contribution in [2.24, 2.45) is 4.99 Å². The molecule has 1 N–H and O–H groups in total. The normalized spacial score (nSPS) is 11.2. The minimum absolute atomic E-state index is 0.00333. The molecule has 98 valence electrons. The number of rotatable bonds is 3. The molecule has 0 spiro atoms. The number of benzene rings is 2. The lowest BCUT2D eigenvalue weighted by molar-refractivity contribution is -0.384. The van der Waals surface area contributed by atoms with E-state index in [1.165, 1.54) is 6.07 Å². The number of aliphatic imine (C=N–C) groups is 1. The highest BCUT2D eigenvalue weighted by molar-refractivity contribution is 5.99. The molecule has 0 saturated carbocycles. The first-order chi connectivity index (χ1) is 9.75. The molecule has 20 heavy (non-hydrogen) atoms. The summed E-state index contributed by atoms with van der Waals surface area (Å²) in [6.07, 6.45) is 3.48. The topological polar surface area (TPSA) is 71.3 Å². The number of H-pyrrole nitrogens is 1. The Morgan fingerprint density at radius 3 is 2.70 bits per heavy atom. The molecule has 3 aromatic rings. The van der Waals surface area contributed by atoms with E-state index in [1.807, 2.05) is 30.5 Å². The molecule has 0 amide bonds. The summed E-state index contributed by atoms with van der Waals surface area (Å²) in [7, 11) is 0.